The molecule has 0 aliphatic carbocycles. The molecule has 0 saturated carbocycles. The van der Waals surface area contributed by atoms with Gasteiger partial charge in [0.1, 0.15) is 6.17 Å². The van der Waals surface area contributed by atoms with Crippen LogP contribution in [0.1, 0.15) is 18.4 Å². The summed E-state index contributed by atoms with van der Waals surface area (Å²) in [7, 11) is 0. The quantitative estimate of drug-likeness (QED) is 0.598. The maximum atomic E-state index is 13.4. The summed E-state index contributed by atoms with van der Waals surface area (Å²) in [6, 6.07) is 5.07. The van der Waals surface area contributed by atoms with E-state index in [1.807, 2.05) is 0 Å². The van der Waals surface area contributed by atoms with Gasteiger partial charge in [0.2, 0.25) is 11.8 Å². The average molecular weight is 488 g/mol. The highest BCUT2D eigenvalue weighted by atomic mass is 35.5. The minimum atomic E-state index is -1.23. The lowest BCUT2D eigenvalue weighted by atomic mass is 10.1. The van der Waals surface area contributed by atoms with Crippen LogP contribution in [0.15, 0.2) is 24.3 Å². The van der Waals surface area contributed by atoms with Crippen LogP contribution in [0.3, 0.4) is 0 Å². The Kier molecular flexibility index (Phi) is 8.90. The first-order valence-corrected chi connectivity index (χ1v) is 11.4. The number of aliphatic hydroxyl groups excluding tert-OH is 2. The molecule has 32 heavy (non-hydrogen) atoms. The Balaban J connectivity index is 1.50. The highest BCUT2D eigenvalue weighted by molar-refractivity contribution is 6.42. The number of nitrogens with zero attached hydrogens (tertiary/aromatic N) is 3. The number of halogens is 3. The zero-order chi connectivity index (χ0) is 23.3. The first-order valence-electron chi connectivity index (χ1n) is 10.7. The van der Waals surface area contributed by atoms with Crippen molar-refractivity contribution in [2.24, 2.45) is 0 Å². The van der Waals surface area contributed by atoms with Gasteiger partial charge in [0.05, 0.1) is 22.3 Å². The number of hydrogen-bond donors (Lipinski definition) is 2. The third-order valence-corrected chi connectivity index (χ3v) is 6.48. The molecule has 0 bridgehead atoms. The average Bonchev–Trinajstić information content (AvgIpc) is 2.93. The highest BCUT2D eigenvalue weighted by Gasteiger charge is 2.30. The summed E-state index contributed by atoms with van der Waals surface area (Å²) in [5.41, 5.74) is 0.741. The lowest BCUT2D eigenvalue weighted by molar-refractivity contribution is -0.132. The van der Waals surface area contributed by atoms with Gasteiger partial charge in [0.15, 0.2) is 0 Å². The first kappa shape index (κ1) is 24.9. The second-order valence-corrected chi connectivity index (χ2v) is 9.02. The van der Waals surface area contributed by atoms with Crippen molar-refractivity contribution in [3.8, 4) is 0 Å². The van der Waals surface area contributed by atoms with Crippen molar-refractivity contribution in [3.05, 3.63) is 39.9 Å². The molecule has 2 heterocycles. The smallest absolute Gasteiger partial charge is 0.246 e. The Morgan fingerprint density at radius 3 is 2.69 bits per heavy atom. The monoisotopic (exact) mass is 487 g/mol. The predicted molar refractivity (Wildman–Crippen MR) is 121 cm³/mol. The van der Waals surface area contributed by atoms with Gasteiger partial charge in [0.25, 0.3) is 0 Å². The topological polar surface area (TPSA) is 84.3 Å². The molecule has 2 N–H and O–H groups in total. The fourth-order valence-electron chi connectivity index (χ4n) is 3.91. The minimum Gasteiger partial charge on any atom is -0.390 e. The van der Waals surface area contributed by atoms with E-state index in [2.05, 4.69) is 0 Å². The van der Waals surface area contributed by atoms with Crippen molar-refractivity contribution in [1.29, 1.82) is 0 Å². The Hall–Kier alpha value is -1.71. The van der Waals surface area contributed by atoms with E-state index < -0.39 is 18.4 Å². The fraction of sp³-hybridized carbons (Fsp3) is 0.545. The Bertz CT molecular complexity index is 856. The lowest BCUT2D eigenvalue weighted by Crippen LogP contribution is -2.49. The zero-order valence-electron chi connectivity index (χ0n) is 17.7. The maximum Gasteiger partial charge on any atom is 0.246 e. The van der Waals surface area contributed by atoms with Crippen LogP contribution in [0.4, 0.5) is 4.39 Å². The van der Waals surface area contributed by atoms with Crippen molar-refractivity contribution >= 4 is 41.1 Å². The summed E-state index contributed by atoms with van der Waals surface area (Å²) in [5, 5.41) is 20.9. The molecule has 2 fully saturated rings. The van der Waals surface area contributed by atoms with Gasteiger partial charge in [-0.15, -0.1) is 0 Å². The minimum absolute atomic E-state index is 0.129. The molecule has 176 valence electrons. The maximum absolute atomic E-state index is 13.4. The molecule has 3 rings (SSSR count). The number of piperidine rings is 1. The number of alkyl halides is 1. The summed E-state index contributed by atoms with van der Waals surface area (Å²) in [4.78, 5) is 30.0. The molecule has 1 aromatic rings. The predicted octanol–water partition coefficient (Wildman–Crippen LogP) is 1.83. The van der Waals surface area contributed by atoms with Crippen molar-refractivity contribution in [1.82, 2.24) is 14.7 Å². The standard InChI is InChI=1S/C22H28Cl2FN3O4/c23-17-3-1-15(11-18(17)24)2-4-21(31)27-8-6-22(32)28(10-9-27)13-16(29)12-26-7-5-19(25)20(30)14-26/h1-4,11,16,19-20,29-30H,5-10,12-14H2/b4-2+/t16?,19-,20-/m1/s1. The van der Waals surface area contributed by atoms with Gasteiger partial charge < -0.3 is 20.0 Å². The lowest BCUT2D eigenvalue weighted by Gasteiger charge is -2.34. The molecule has 0 radical (unpaired) electrons. The summed E-state index contributed by atoms with van der Waals surface area (Å²) < 4.78 is 13.4. The van der Waals surface area contributed by atoms with Crippen molar-refractivity contribution in [2.45, 2.75) is 31.2 Å². The van der Waals surface area contributed by atoms with Gasteiger partial charge in [-0.2, -0.15) is 0 Å². The van der Waals surface area contributed by atoms with Crippen LogP contribution in [-0.2, 0) is 9.59 Å². The fourth-order valence-corrected chi connectivity index (χ4v) is 4.22. The summed E-state index contributed by atoms with van der Waals surface area (Å²) in [6.07, 6.45) is 0.382. The van der Waals surface area contributed by atoms with E-state index in [9.17, 15) is 24.2 Å². The van der Waals surface area contributed by atoms with E-state index in [0.29, 0.717) is 36.2 Å². The van der Waals surface area contributed by atoms with Gasteiger partial charge in [-0.3, -0.25) is 14.5 Å². The third-order valence-electron chi connectivity index (χ3n) is 5.75. The highest BCUT2D eigenvalue weighted by Crippen LogP contribution is 2.23. The molecule has 2 aliphatic heterocycles. The number of carbonyl (C=O) groups is 2. The van der Waals surface area contributed by atoms with E-state index in [1.54, 1.807) is 39.0 Å². The molecule has 0 aromatic heterocycles. The summed E-state index contributed by atoms with van der Waals surface area (Å²) >= 11 is 11.9. The number of carbonyl (C=O) groups excluding carboxylic acids is 2. The van der Waals surface area contributed by atoms with Crippen molar-refractivity contribution in [2.75, 3.05) is 45.8 Å². The van der Waals surface area contributed by atoms with E-state index in [-0.39, 0.29) is 44.3 Å². The molecule has 10 heteroatoms. The van der Waals surface area contributed by atoms with Crippen LogP contribution < -0.4 is 0 Å². The van der Waals surface area contributed by atoms with Crippen LogP contribution >= 0.6 is 23.2 Å². The Morgan fingerprint density at radius 1 is 1.19 bits per heavy atom. The molecule has 2 aliphatic rings. The van der Waals surface area contributed by atoms with Crippen molar-refractivity contribution in [3.63, 3.8) is 0 Å². The molecular weight excluding hydrogens is 460 g/mol. The van der Waals surface area contributed by atoms with Crippen LogP contribution in [-0.4, -0.2) is 101 Å². The summed E-state index contributed by atoms with van der Waals surface area (Å²) in [5.74, 6) is -0.343. The molecule has 2 amide bonds. The number of β-amino-alcohol motifs (C(OH)–C–C–N with tert-alkyl or cyclic N) is 2. The van der Waals surface area contributed by atoms with E-state index in [4.69, 9.17) is 23.2 Å². The van der Waals surface area contributed by atoms with Crippen molar-refractivity contribution < 1.29 is 24.2 Å². The normalized spacial score (nSPS) is 24.1. The Morgan fingerprint density at radius 2 is 1.97 bits per heavy atom. The van der Waals surface area contributed by atoms with E-state index >= 15 is 0 Å². The van der Waals surface area contributed by atoms with E-state index in [1.165, 1.54) is 6.08 Å². The van der Waals surface area contributed by atoms with Crippen LogP contribution in [0.25, 0.3) is 6.08 Å². The van der Waals surface area contributed by atoms with Gasteiger partial charge in [0, 0.05) is 58.3 Å². The number of amides is 2. The SMILES string of the molecule is O=C(/C=C/c1ccc(Cl)c(Cl)c1)N1CCC(=O)N(CC(O)CN2CC[C@@H](F)[C@H](O)C2)CC1. The summed E-state index contributed by atoms with van der Waals surface area (Å²) in [6.45, 7) is 1.98. The number of benzene rings is 1. The van der Waals surface area contributed by atoms with Gasteiger partial charge in [-0.25, -0.2) is 4.39 Å². The van der Waals surface area contributed by atoms with E-state index in [0.717, 1.165) is 5.56 Å². The zero-order valence-corrected chi connectivity index (χ0v) is 19.2. The Labute approximate surface area is 197 Å². The van der Waals surface area contributed by atoms with Gasteiger partial charge in [-0.1, -0.05) is 29.3 Å². The van der Waals surface area contributed by atoms with Gasteiger partial charge >= 0.3 is 0 Å². The number of hydrogen-bond acceptors (Lipinski definition) is 5. The molecule has 1 unspecified atom stereocenters. The number of rotatable bonds is 6. The molecule has 0 spiro atoms. The largest absolute Gasteiger partial charge is 0.390 e. The third kappa shape index (κ3) is 6.89. The second-order valence-electron chi connectivity index (χ2n) is 8.21. The molecule has 1 aromatic carbocycles. The molecular formula is C22H28Cl2FN3O4. The second kappa shape index (κ2) is 11.4. The van der Waals surface area contributed by atoms with Crippen LogP contribution in [0.5, 0.6) is 0 Å². The first-order chi connectivity index (χ1) is 15.2. The van der Waals surface area contributed by atoms with Crippen LogP contribution in [0.2, 0.25) is 10.0 Å². The number of likely N-dealkylation sites (tertiary alicyclic amines) is 1. The molecule has 7 nitrogen and oxygen atoms in total. The van der Waals surface area contributed by atoms with Gasteiger partial charge in [-0.05, 0) is 30.2 Å². The van der Waals surface area contributed by atoms with Crippen LogP contribution in [0, 0.1) is 0 Å². The molecule has 3 atom stereocenters. The molecule has 2 saturated heterocycles. The number of aliphatic hydroxyl groups is 2.